The van der Waals surface area contributed by atoms with Crippen LogP contribution in [-0.4, -0.2) is 41.9 Å². The Bertz CT molecular complexity index is 2080. The molecule has 49 heavy (non-hydrogen) atoms. The van der Waals surface area contributed by atoms with Crippen LogP contribution in [0.4, 0.5) is 26.3 Å². The van der Waals surface area contributed by atoms with E-state index in [1.54, 1.807) is 19.1 Å². The van der Waals surface area contributed by atoms with Crippen molar-refractivity contribution in [3.63, 3.8) is 0 Å². The summed E-state index contributed by atoms with van der Waals surface area (Å²) in [6, 6.07) is 9.27. The van der Waals surface area contributed by atoms with Gasteiger partial charge in [0, 0.05) is 23.4 Å². The maximum atomic E-state index is 14.1. The zero-order valence-electron chi connectivity index (χ0n) is 26.1. The predicted molar refractivity (Wildman–Crippen MR) is 167 cm³/mol. The molecule has 6 rings (SSSR count). The van der Waals surface area contributed by atoms with E-state index in [1.165, 1.54) is 44.5 Å². The van der Waals surface area contributed by atoms with E-state index in [9.17, 15) is 44.7 Å². The molecule has 1 aromatic heterocycles. The number of aryl methyl sites for hydroxylation is 2. The lowest BCUT2D eigenvalue weighted by atomic mass is 9.90. The average molecular weight is 706 g/mol. The number of fused-ring (bicyclic) bond motifs is 1. The molecule has 3 atom stereocenters. The lowest BCUT2D eigenvalue weighted by Gasteiger charge is -2.26. The monoisotopic (exact) mass is 705 g/mol. The second-order valence-electron chi connectivity index (χ2n) is 12.1. The topological polar surface area (TPSA) is 109 Å². The number of aromatic carboxylic acids is 1. The van der Waals surface area contributed by atoms with Crippen molar-refractivity contribution < 1.29 is 49.4 Å². The number of carbonyl (C=O) groups is 1. The number of rotatable bonds is 6. The number of hydrogen-bond acceptors (Lipinski definition) is 5. The highest BCUT2D eigenvalue weighted by Gasteiger charge is 2.53. The minimum atomic E-state index is -4.78. The van der Waals surface area contributed by atoms with E-state index in [0.717, 1.165) is 28.6 Å². The fourth-order valence-corrected chi connectivity index (χ4v) is 8.72. The molecular formula is C34H29F6N3O5S. The van der Waals surface area contributed by atoms with Crippen LogP contribution in [0.25, 0.3) is 22.3 Å². The first-order valence-electron chi connectivity index (χ1n) is 15.0. The Kier molecular flexibility index (Phi) is 8.52. The first-order valence-corrected chi connectivity index (χ1v) is 16.4. The van der Waals surface area contributed by atoms with Gasteiger partial charge in [0.15, 0.2) is 0 Å². The van der Waals surface area contributed by atoms with Crippen LogP contribution in [0.1, 0.15) is 68.7 Å². The van der Waals surface area contributed by atoms with Gasteiger partial charge < -0.3 is 9.84 Å². The van der Waals surface area contributed by atoms with E-state index in [2.05, 4.69) is 9.71 Å². The fraction of sp³-hybridized carbons (Fsp3) is 0.294. The first-order chi connectivity index (χ1) is 22.9. The van der Waals surface area contributed by atoms with Gasteiger partial charge in [-0.05, 0) is 97.0 Å². The predicted octanol–water partition coefficient (Wildman–Crippen LogP) is 7.87. The number of nitrogens with zero attached hydrogens (tertiary/aromatic N) is 2. The highest BCUT2D eigenvalue weighted by atomic mass is 32.2. The summed E-state index contributed by atoms with van der Waals surface area (Å²) in [6.45, 7) is 3.16. The number of aromatic nitrogens is 1. The molecule has 0 aliphatic carbocycles. The molecular weight excluding hydrogens is 676 g/mol. The molecule has 2 aliphatic heterocycles. The molecule has 258 valence electrons. The molecule has 2 N–H and O–H groups in total. The van der Waals surface area contributed by atoms with E-state index >= 15 is 0 Å². The van der Waals surface area contributed by atoms with Gasteiger partial charge in [0.1, 0.15) is 0 Å². The van der Waals surface area contributed by atoms with Crippen LogP contribution in [0.2, 0.25) is 0 Å². The zero-order valence-corrected chi connectivity index (χ0v) is 27.0. The van der Waals surface area contributed by atoms with Gasteiger partial charge in [0.05, 0.1) is 35.9 Å². The standard InChI is InChI=1S/C34H29F6N3O5S/c1-17-10-20(13-23(11-17)34(38,39)40)30-29-9-8-28(43(29)49(46,47)42-30)26-15-22(33(35,36)37)5-7-25(26)27-14-21(16-41-31(27)48-3)24-6-4-19(32(44)45)12-18(24)2/h4-7,10-16,28-30,42H,8-9H2,1-3H3,(H,44,45)/t28-,29-,30+/m0/s1. The Morgan fingerprint density at radius 2 is 1.59 bits per heavy atom. The molecule has 2 fully saturated rings. The minimum absolute atomic E-state index is 0.0127. The Morgan fingerprint density at radius 3 is 2.22 bits per heavy atom. The number of alkyl halides is 6. The number of hydrogen-bond donors (Lipinski definition) is 2. The third-order valence-corrected chi connectivity index (χ3v) is 10.6. The van der Waals surface area contributed by atoms with Gasteiger partial charge in [-0.25, -0.2) is 9.78 Å². The van der Waals surface area contributed by atoms with Crippen molar-refractivity contribution in [1.29, 1.82) is 0 Å². The number of ether oxygens (including phenoxy) is 1. The lowest BCUT2D eigenvalue weighted by molar-refractivity contribution is -0.138. The van der Waals surface area contributed by atoms with Crippen LogP contribution in [0.3, 0.4) is 0 Å². The Hall–Kier alpha value is -4.47. The molecule has 8 nitrogen and oxygen atoms in total. The second kappa shape index (κ2) is 12.1. The summed E-state index contributed by atoms with van der Waals surface area (Å²) in [6.07, 6.45) is -7.76. The lowest BCUT2D eigenvalue weighted by Crippen LogP contribution is -2.33. The molecule has 0 unspecified atom stereocenters. The number of carboxylic acid groups (broad SMARTS) is 1. The first kappa shape index (κ1) is 34.4. The quantitative estimate of drug-likeness (QED) is 0.198. The van der Waals surface area contributed by atoms with Crippen LogP contribution in [0, 0.1) is 13.8 Å². The van der Waals surface area contributed by atoms with E-state index < -0.39 is 57.8 Å². The number of benzene rings is 3. The second-order valence-corrected chi connectivity index (χ2v) is 13.7. The zero-order chi connectivity index (χ0) is 35.6. The summed E-state index contributed by atoms with van der Waals surface area (Å²) in [7, 11) is -3.06. The summed E-state index contributed by atoms with van der Waals surface area (Å²) in [4.78, 5) is 15.8. The molecule has 0 bridgehead atoms. The molecule has 0 spiro atoms. The van der Waals surface area contributed by atoms with E-state index in [0.29, 0.717) is 16.7 Å². The van der Waals surface area contributed by atoms with Crippen LogP contribution in [0.5, 0.6) is 5.88 Å². The van der Waals surface area contributed by atoms with Crippen LogP contribution >= 0.6 is 0 Å². The summed E-state index contributed by atoms with van der Waals surface area (Å²) in [5.74, 6) is -1.08. The van der Waals surface area contributed by atoms with Gasteiger partial charge in [0.2, 0.25) is 5.88 Å². The highest BCUT2D eigenvalue weighted by Crippen LogP contribution is 2.51. The minimum Gasteiger partial charge on any atom is -0.481 e. The van der Waals surface area contributed by atoms with Gasteiger partial charge in [-0.15, -0.1) is 0 Å². The fourth-order valence-electron chi connectivity index (χ4n) is 6.85. The number of pyridine rings is 1. The van der Waals surface area contributed by atoms with Crippen molar-refractivity contribution in [2.24, 2.45) is 0 Å². The van der Waals surface area contributed by atoms with Crippen LogP contribution < -0.4 is 9.46 Å². The summed E-state index contributed by atoms with van der Waals surface area (Å²) in [5, 5.41) is 9.38. The molecule has 15 heteroatoms. The van der Waals surface area contributed by atoms with Crippen molar-refractivity contribution in [2.45, 2.75) is 57.2 Å². The van der Waals surface area contributed by atoms with Crippen molar-refractivity contribution in [1.82, 2.24) is 14.0 Å². The van der Waals surface area contributed by atoms with Crippen LogP contribution in [0.15, 0.2) is 66.9 Å². The molecule has 0 radical (unpaired) electrons. The Morgan fingerprint density at radius 1 is 0.898 bits per heavy atom. The highest BCUT2D eigenvalue weighted by molar-refractivity contribution is 7.87. The Labute approximate surface area is 277 Å². The van der Waals surface area contributed by atoms with Gasteiger partial charge in [-0.1, -0.05) is 23.8 Å². The normalized spacial score (nSPS) is 20.7. The van der Waals surface area contributed by atoms with Gasteiger partial charge in [-0.2, -0.15) is 43.8 Å². The summed E-state index contributed by atoms with van der Waals surface area (Å²) < 4.78 is 120. The molecule has 4 aromatic rings. The SMILES string of the molecule is COc1ncc(-c2ccc(C(=O)O)cc2C)cc1-c1ccc(C(F)(F)F)cc1[C@@H]1CC[C@H]2[C@@H](c3cc(C)cc(C(F)(F)F)c3)NS(=O)(=O)N12. The molecule has 2 aliphatic rings. The van der Waals surface area contributed by atoms with Crippen molar-refractivity contribution in [2.75, 3.05) is 7.11 Å². The molecule has 0 saturated carbocycles. The summed E-state index contributed by atoms with van der Waals surface area (Å²) in [5.41, 5.74) is 0.616. The summed E-state index contributed by atoms with van der Waals surface area (Å²) >= 11 is 0. The van der Waals surface area contributed by atoms with Gasteiger partial charge in [0.25, 0.3) is 10.2 Å². The molecule has 2 saturated heterocycles. The maximum Gasteiger partial charge on any atom is 0.416 e. The van der Waals surface area contributed by atoms with Crippen LogP contribution in [-0.2, 0) is 22.6 Å². The third kappa shape index (κ3) is 6.37. The number of nitrogens with one attached hydrogen (secondary N) is 1. The molecule has 3 aromatic carbocycles. The number of halogens is 6. The smallest absolute Gasteiger partial charge is 0.416 e. The largest absolute Gasteiger partial charge is 0.481 e. The van der Waals surface area contributed by atoms with Gasteiger partial charge in [-0.3, -0.25) is 0 Å². The molecule has 3 heterocycles. The third-order valence-electron chi connectivity index (χ3n) is 8.95. The number of methoxy groups -OCH3 is 1. The van der Waals surface area contributed by atoms with E-state index in [4.69, 9.17) is 4.74 Å². The van der Waals surface area contributed by atoms with Crippen molar-refractivity contribution in [3.05, 3.63) is 106 Å². The van der Waals surface area contributed by atoms with Crippen molar-refractivity contribution in [3.8, 4) is 28.1 Å². The maximum absolute atomic E-state index is 14.1. The van der Waals surface area contributed by atoms with E-state index in [-0.39, 0.29) is 52.1 Å². The van der Waals surface area contributed by atoms with Crippen molar-refractivity contribution >= 4 is 16.2 Å². The van der Waals surface area contributed by atoms with Gasteiger partial charge >= 0.3 is 18.3 Å². The Balaban J connectivity index is 1.49. The van der Waals surface area contributed by atoms with E-state index in [1.807, 2.05) is 0 Å². The number of carboxylic acids is 1. The molecule has 0 amide bonds. The average Bonchev–Trinajstić information content (AvgIpc) is 3.58.